The highest BCUT2D eigenvalue weighted by Crippen LogP contribution is 2.27. The molecule has 1 aliphatic rings. The van der Waals surface area contributed by atoms with E-state index < -0.39 is 21.7 Å². The number of carbonyl (C=O) groups is 1. The lowest BCUT2D eigenvalue weighted by Gasteiger charge is -2.00. The third kappa shape index (κ3) is 1.48. The quantitative estimate of drug-likeness (QED) is 0.723. The maximum Gasteiger partial charge on any atom is 0.301 e. The number of rotatable bonds is 1. The summed E-state index contributed by atoms with van der Waals surface area (Å²) in [6.45, 7) is 0. The molecular weight excluding hydrogens is 218 g/mol. The molecule has 1 heterocycles. The number of amides is 1. The molecule has 0 radical (unpaired) electrons. The van der Waals surface area contributed by atoms with Gasteiger partial charge in [0.25, 0.3) is 10.0 Å². The van der Waals surface area contributed by atoms with Crippen molar-refractivity contribution in [2.75, 3.05) is 0 Å². The average Bonchev–Trinajstić information content (AvgIpc) is 2.37. The van der Waals surface area contributed by atoms with Crippen LogP contribution < -0.4 is 4.72 Å². The van der Waals surface area contributed by atoms with Crippen LogP contribution >= 0.6 is 0 Å². The van der Waals surface area contributed by atoms with Gasteiger partial charge in [0.05, 0.1) is 0 Å². The molecule has 78 valence electrons. The van der Waals surface area contributed by atoms with E-state index >= 15 is 0 Å². The molecule has 0 spiro atoms. The minimum atomic E-state index is -3.91. The second kappa shape index (κ2) is 3.09. The molecule has 0 saturated heterocycles. The zero-order chi connectivity index (χ0) is 11.1. The maximum atomic E-state index is 11.4. The first kappa shape index (κ1) is 9.72. The van der Waals surface area contributed by atoms with E-state index in [4.69, 9.17) is 0 Å². The van der Waals surface area contributed by atoms with Gasteiger partial charge in [0, 0.05) is 0 Å². The second-order valence-electron chi connectivity index (χ2n) is 2.98. The van der Waals surface area contributed by atoms with E-state index in [1.54, 1.807) is 22.9 Å². The van der Waals surface area contributed by atoms with Crippen LogP contribution in [0.5, 0.6) is 0 Å². The molecule has 1 amide bonds. The van der Waals surface area contributed by atoms with Crippen LogP contribution in [0.25, 0.3) is 4.91 Å². The first-order chi connectivity index (χ1) is 7.02. The Hall–Kier alpha value is -1.82. The summed E-state index contributed by atoms with van der Waals surface area (Å²) >= 11 is 0. The number of sulfonamides is 1. The summed E-state index contributed by atoms with van der Waals surface area (Å²) in [4.78, 5) is 10.6. The Bertz CT molecular complexity index is 545. The molecule has 1 aromatic rings. The molecule has 1 aromatic carbocycles. The smallest absolute Gasteiger partial charge is 0.301 e. The lowest BCUT2D eigenvalue weighted by atomic mass is 10.2. The fraction of sp³-hybridized carbons (Fsp3) is 0. The molecule has 0 atom stereocenters. The Kier molecular flexibility index (Phi) is 2.01. The van der Waals surface area contributed by atoms with Crippen molar-refractivity contribution < 1.29 is 18.3 Å². The van der Waals surface area contributed by atoms with E-state index in [-0.39, 0.29) is 10.5 Å². The standard InChI is InChI=1S/C9H7NO4S/c11-7-8(6-4-2-1-3-5-6)15(13,14)10-9(7)12/h1-5,11H,(H,10,12). The number of hydrogen-bond acceptors (Lipinski definition) is 4. The first-order valence-corrected chi connectivity index (χ1v) is 5.56. The van der Waals surface area contributed by atoms with Crippen LogP contribution in [0.3, 0.4) is 0 Å². The molecule has 0 unspecified atom stereocenters. The molecule has 5 nitrogen and oxygen atoms in total. The van der Waals surface area contributed by atoms with Crippen LogP contribution in [0, 0.1) is 0 Å². The van der Waals surface area contributed by atoms with Crippen LogP contribution in [0.15, 0.2) is 36.1 Å². The van der Waals surface area contributed by atoms with Crippen molar-refractivity contribution in [2.24, 2.45) is 0 Å². The third-order valence-corrected chi connectivity index (χ3v) is 3.38. The normalized spacial score (nSPS) is 19.1. The van der Waals surface area contributed by atoms with Crippen molar-refractivity contribution in [1.82, 2.24) is 4.72 Å². The summed E-state index contributed by atoms with van der Waals surface area (Å²) in [7, 11) is -3.91. The predicted octanol–water partition coefficient (Wildman–Crippen LogP) is 0.373. The second-order valence-corrected chi connectivity index (χ2v) is 4.60. The number of aliphatic hydroxyl groups excluding tert-OH is 1. The van der Waals surface area contributed by atoms with E-state index in [2.05, 4.69) is 0 Å². The van der Waals surface area contributed by atoms with Gasteiger partial charge in [-0.3, -0.25) is 4.79 Å². The van der Waals surface area contributed by atoms with Gasteiger partial charge >= 0.3 is 5.91 Å². The topological polar surface area (TPSA) is 83.5 Å². The van der Waals surface area contributed by atoms with Crippen LogP contribution in [0.2, 0.25) is 0 Å². The van der Waals surface area contributed by atoms with Gasteiger partial charge in [0.2, 0.25) is 5.76 Å². The van der Waals surface area contributed by atoms with Gasteiger partial charge < -0.3 is 5.11 Å². The van der Waals surface area contributed by atoms with Crippen LogP contribution in [0.4, 0.5) is 0 Å². The van der Waals surface area contributed by atoms with Crippen LogP contribution in [0.1, 0.15) is 5.56 Å². The third-order valence-electron chi connectivity index (χ3n) is 1.96. The van der Waals surface area contributed by atoms with Crippen LogP contribution in [-0.4, -0.2) is 19.4 Å². The largest absolute Gasteiger partial charge is 0.502 e. The molecule has 15 heavy (non-hydrogen) atoms. The SMILES string of the molecule is O=C1NS(=O)(=O)C(c2ccccc2)=C1O. The summed E-state index contributed by atoms with van der Waals surface area (Å²) in [6, 6.07) is 7.95. The Labute approximate surface area is 86.1 Å². The van der Waals surface area contributed by atoms with Crippen molar-refractivity contribution in [3.05, 3.63) is 41.7 Å². The van der Waals surface area contributed by atoms with E-state index in [0.717, 1.165) is 0 Å². The summed E-state index contributed by atoms with van der Waals surface area (Å²) in [6.07, 6.45) is 0. The lowest BCUT2D eigenvalue weighted by Crippen LogP contribution is -2.23. The molecule has 1 aliphatic heterocycles. The number of aliphatic hydroxyl groups is 1. The number of benzene rings is 1. The van der Waals surface area contributed by atoms with Gasteiger partial charge in [0.1, 0.15) is 4.91 Å². The molecule has 0 fully saturated rings. The van der Waals surface area contributed by atoms with Gasteiger partial charge in [-0.15, -0.1) is 0 Å². The number of nitrogens with one attached hydrogen (secondary N) is 1. The molecule has 0 saturated carbocycles. The molecule has 0 aromatic heterocycles. The van der Waals surface area contributed by atoms with Crippen molar-refractivity contribution in [1.29, 1.82) is 0 Å². The van der Waals surface area contributed by atoms with Gasteiger partial charge in [0.15, 0.2) is 0 Å². The number of hydrogen-bond donors (Lipinski definition) is 2. The highest BCUT2D eigenvalue weighted by Gasteiger charge is 2.36. The zero-order valence-electron chi connectivity index (χ0n) is 7.47. The number of carbonyl (C=O) groups excluding carboxylic acids is 1. The first-order valence-electron chi connectivity index (χ1n) is 4.08. The minimum absolute atomic E-state index is 0.286. The van der Waals surface area contributed by atoms with Crippen molar-refractivity contribution in [2.45, 2.75) is 0 Å². The molecule has 6 heteroatoms. The van der Waals surface area contributed by atoms with Crippen molar-refractivity contribution >= 4 is 20.8 Å². The molecule has 2 N–H and O–H groups in total. The fourth-order valence-electron chi connectivity index (χ4n) is 1.33. The Morgan fingerprint density at radius 2 is 1.73 bits per heavy atom. The minimum Gasteiger partial charge on any atom is -0.502 e. The Balaban J connectivity index is 2.68. The van der Waals surface area contributed by atoms with E-state index in [0.29, 0.717) is 0 Å². The fourth-order valence-corrected chi connectivity index (χ4v) is 2.57. The maximum absolute atomic E-state index is 11.4. The van der Waals surface area contributed by atoms with Crippen LogP contribution in [-0.2, 0) is 14.8 Å². The van der Waals surface area contributed by atoms with Crippen molar-refractivity contribution in [3.63, 3.8) is 0 Å². The Morgan fingerprint density at radius 1 is 1.13 bits per heavy atom. The average molecular weight is 225 g/mol. The van der Waals surface area contributed by atoms with E-state index in [9.17, 15) is 18.3 Å². The zero-order valence-corrected chi connectivity index (χ0v) is 8.28. The van der Waals surface area contributed by atoms with Gasteiger partial charge in [-0.1, -0.05) is 30.3 Å². The molecule has 0 bridgehead atoms. The highest BCUT2D eigenvalue weighted by atomic mass is 32.2. The summed E-state index contributed by atoms with van der Waals surface area (Å²) in [5.41, 5.74) is 0.286. The van der Waals surface area contributed by atoms with Gasteiger partial charge in [-0.05, 0) is 5.56 Å². The summed E-state index contributed by atoms with van der Waals surface area (Å²) in [5, 5.41) is 9.33. The summed E-state index contributed by atoms with van der Waals surface area (Å²) < 4.78 is 24.6. The van der Waals surface area contributed by atoms with Gasteiger partial charge in [-0.25, -0.2) is 13.1 Å². The predicted molar refractivity (Wildman–Crippen MR) is 53.1 cm³/mol. The lowest BCUT2D eigenvalue weighted by molar-refractivity contribution is -0.117. The van der Waals surface area contributed by atoms with E-state index in [1.165, 1.54) is 12.1 Å². The molecule has 2 rings (SSSR count). The Morgan fingerprint density at radius 3 is 2.20 bits per heavy atom. The summed E-state index contributed by atoms with van der Waals surface area (Å²) in [5.74, 6) is -1.75. The van der Waals surface area contributed by atoms with Crippen molar-refractivity contribution in [3.8, 4) is 0 Å². The van der Waals surface area contributed by atoms with Gasteiger partial charge in [-0.2, -0.15) is 0 Å². The molecule has 0 aliphatic carbocycles. The highest BCUT2D eigenvalue weighted by molar-refractivity contribution is 8.00. The van der Waals surface area contributed by atoms with E-state index in [1.807, 2.05) is 0 Å². The monoisotopic (exact) mass is 225 g/mol. The molecular formula is C9H7NO4S.